The van der Waals surface area contributed by atoms with Crippen molar-refractivity contribution in [2.75, 3.05) is 0 Å². The molecule has 1 heterocycles. The van der Waals surface area contributed by atoms with Gasteiger partial charge in [0.15, 0.2) is 0 Å². The number of hydrogen-bond acceptors (Lipinski definition) is 2. The van der Waals surface area contributed by atoms with Gasteiger partial charge in [0.2, 0.25) is 0 Å². The second-order valence-corrected chi connectivity index (χ2v) is 5.42. The van der Waals surface area contributed by atoms with E-state index in [4.69, 9.17) is 34.9 Å². The van der Waals surface area contributed by atoms with Gasteiger partial charge in [-0.2, -0.15) is 0 Å². The summed E-state index contributed by atoms with van der Waals surface area (Å²) in [6.45, 7) is -13.7. The summed E-state index contributed by atoms with van der Waals surface area (Å²) in [6.07, 6.45) is -16.3. The van der Waals surface area contributed by atoms with Crippen LogP contribution in [0.25, 0.3) is 0 Å². The number of hydrogen-bond donors (Lipinski definition) is 1. The third kappa shape index (κ3) is 3.13. The fraction of sp³-hybridized carbons (Fsp3) is 0.619. The van der Waals surface area contributed by atoms with E-state index in [0.29, 0.717) is 0 Å². The Kier molecular flexibility index (Phi) is 1.19. The maximum atomic E-state index is 11.2. The third-order valence-corrected chi connectivity index (χ3v) is 3.95. The van der Waals surface area contributed by atoms with Gasteiger partial charge in [-0.15, -0.1) is 0 Å². The average molecular weight is 337 g/mol. The molecule has 2 atom stereocenters. The highest BCUT2D eigenvalue weighted by atomic mass is 16.5. The maximum Gasteiger partial charge on any atom is 0.127 e. The van der Waals surface area contributed by atoms with Crippen LogP contribution in [0.5, 0.6) is 11.5 Å². The van der Waals surface area contributed by atoms with E-state index in [9.17, 15) is 5.11 Å². The van der Waals surface area contributed by atoms with E-state index in [1.54, 1.807) is 0 Å². The van der Waals surface area contributed by atoms with Crippen LogP contribution < -0.4 is 4.74 Å². The first-order chi connectivity index (χ1) is 19.7. The maximum absolute atomic E-state index is 11.2. The predicted octanol–water partition coefficient (Wildman–Crippen LogP) is 5.74. The van der Waals surface area contributed by atoms with Gasteiger partial charge in [-0.25, -0.2) is 0 Å². The molecule has 1 aromatic carbocycles. The van der Waals surface area contributed by atoms with Crippen molar-refractivity contribution in [3.8, 4) is 11.5 Å². The molecule has 1 N–H and O–H groups in total. The van der Waals surface area contributed by atoms with Crippen LogP contribution in [0.4, 0.5) is 0 Å². The molecular formula is C21H30O2. The Bertz CT molecular complexity index is 1360. The molecule has 2 heteroatoms. The quantitative estimate of drug-likeness (QED) is 0.711. The van der Waals surface area contributed by atoms with E-state index in [1.165, 1.54) is 0 Å². The SMILES string of the molecule is [2H]c1c(O)c2c(c([2H])c1C([2H])([2H])C([2H])([2H])C([2H])([2H])C([2H])([2H])C([2H])([2H])[2H])OC(C([2H])([2H])[2H])(C([2H])([2H])[2H])[C@@H]1CCC(C([2H])([2H])[2H])=C[C@@H]21. The molecule has 1 aliphatic heterocycles. The molecule has 1 aliphatic carbocycles. The fourth-order valence-electron chi connectivity index (χ4n) is 2.97. The van der Waals surface area contributed by atoms with E-state index >= 15 is 0 Å². The lowest BCUT2D eigenvalue weighted by Crippen LogP contribution is -2.45. The lowest BCUT2D eigenvalue weighted by molar-refractivity contribution is 0.0107. The van der Waals surface area contributed by atoms with Gasteiger partial charge in [0, 0.05) is 44.8 Å². The summed E-state index contributed by atoms with van der Waals surface area (Å²) in [4.78, 5) is 0. The summed E-state index contributed by atoms with van der Waals surface area (Å²) in [5.74, 6) is -5.71. The third-order valence-electron chi connectivity index (χ3n) is 3.95. The molecule has 126 valence electrons. The Morgan fingerprint density at radius 3 is 3.13 bits per heavy atom. The number of fused-ring (bicyclic) bond motifs is 3. The average Bonchev–Trinajstić information content (AvgIpc) is 2.82. The van der Waals surface area contributed by atoms with Crippen molar-refractivity contribution in [2.45, 2.75) is 77.3 Å². The van der Waals surface area contributed by atoms with Gasteiger partial charge in [-0.3, -0.25) is 0 Å². The van der Waals surface area contributed by atoms with Crippen LogP contribution in [0.1, 0.15) is 107 Å². The summed E-state index contributed by atoms with van der Waals surface area (Å²) in [5, 5.41) is 11.2. The van der Waals surface area contributed by atoms with Gasteiger partial charge in [0.05, 0.1) is 2.74 Å². The predicted molar refractivity (Wildman–Crippen MR) is 95.3 cm³/mol. The Labute approximate surface area is 171 Å². The largest absolute Gasteiger partial charge is 0.507 e. The van der Waals surface area contributed by atoms with Crippen LogP contribution in [0.15, 0.2) is 23.7 Å². The molecule has 0 fully saturated rings. The molecule has 2 aliphatic rings. The van der Waals surface area contributed by atoms with Crippen molar-refractivity contribution in [3.05, 3.63) is 34.9 Å². The van der Waals surface area contributed by atoms with Crippen LogP contribution in [0.3, 0.4) is 0 Å². The molecule has 2 nitrogen and oxygen atoms in total. The second kappa shape index (κ2) is 6.22. The summed E-state index contributed by atoms with van der Waals surface area (Å²) in [5.41, 5.74) is -5.67. The molecule has 0 saturated heterocycles. The van der Waals surface area contributed by atoms with Crippen LogP contribution in [-0.2, 0) is 6.37 Å². The van der Waals surface area contributed by atoms with E-state index in [2.05, 4.69) is 0 Å². The number of benzene rings is 1. The van der Waals surface area contributed by atoms with Crippen molar-refractivity contribution in [3.63, 3.8) is 0 Å². The number of rotatable bonds is 4. The molecule has 0 spiro atoms. The molecule has 0 amide bonds. The summed E-state index contributed by atoms with van der Waals surface area (Å²) < 4.78 is 183. The van der Waals surface area contributed by atoms with Crippen LogP contribution in [0.2, 0.25) is 0 Å². The van der Waals surface area contributed by atoms with Gasteiger partial charge in [-0.1, -0.05) is 31.2 Å². The monoisotopic (exact) mass is 336 g/mol. The fourth-order valence-corrected chi connectivity index (χ4v) is 2.97. The minimum absolute atomic E-state index is 0.269. The zero-order valence-corrected chi connectivity index (χ0v) is 12.0. The minimum atomic E-state index is -4.24. The lowest BCUT2D eigenvalue weighted by atomic mass is 9.68. The number of allylic oxidation sites excluding steroid dienone is 2. The summed E-state index contributed by atoms with van der Waals surface area (Å²) in [7, 11) is 0. The van der Waals surface area contributed by atoms with Gasteiger partial charge in [-0.05, 0) is 63.8 Å². The van der Waals surface area contributed by atoms with Gasteiger partial charge in [0.25, 0.3) is 0 Å². The number of phenolic OH excluding ortho intramolecular Hbond substituents is 1. The van der Waals surface area contributed by atoms with E-state index in [1.807, 2.05) is 0 Å². The summed E-state index contributed by atoms with van der Waals surface area (Å²) >= 11 is 0. The molecule has 0 saturated carbocycles. The summed E-state index contributed by atoms with van der Waals surface area (Å²) in [6, 6.07) is -2.80. The zero-order chi connectivity index (χ0) is 35.5. The molecule has 23 heavy (non-hydrogen) atoms. The highest BCUT2D eigenvalue weighted by molar-refractivity contribution is 5.53. The first-order valence-corrected chi connectivity index (χ1v) is 6.93. The van der Waals surface area contributed by atoms with Crippen LogP contribution in [-0.4, -0.2) is 10.7 Å². The van der Waals surface area contributed by atoms with E-state index in [-0.39, 0.29) is 12.0 Å². The first-order valence-electron chi connectivity index (χ1n) is 17.9. The van der Waals surface area contributed by atoms with Crippen molar-refractivity contribution >= 4 is 0 Å². The molecule has 3 rings (SSSR count). The molecule has 0 unspecified atom stereocenters. The van der Waals surface area contributed by atoms with E-state index < -0.39 is 111 Å². The van der Waals surface area contributed by atoms with Crippen LogP contribution in [0, 0.1) is 5.92 Å². The van der Waals surface area contributed by atoms with Gasteiger partial charge < -0.3 is 9.84 Å². The van der Waals surface area contributed by atoms with Crippen molar-refractivity contribution in [1.82, 2.24) is 0 Å². The van der Waals surface area contributed by atoms with E-state index in [0.717, 1.165) is 6.08 Å². The molecular weight excluding hydrogens is 284 g/mol. The molecule has 0 radical (unpaired) electrons. The zero-order valence-electron chi connectivity index (χ0n) is 34.0. The topological polar surface area (TPSA) is 29.5 Å². The second-order valence-electron chi connectivity index (χ2n) is 5.42. The van der Waals surface area contributed by atoms with Crippen molar-refractivity contribution in [2.24, 2.45) is 5.92 Å². The highest BCUT2D eigenvalue weighted by Crippen LogP contribution is 2.53. The molecule has 0 bridgehead atoms. The van der Waals surface area contributed by atoms with Gasteiger partial charge in [0.1, 0.15) is 17.1 Å². The standard InChI is InChI=1S/C21H30O2/c1-5-6-7-8-15-12-18(22)20-16-11-14(2)9-10-17(16)21(3,4)23-19(20)13-15/h11-13,16-17,22H,5-10H2,1-4H3/t16-,17-/m1/s1/i1D3,2D3,3D3,4D3,5D2,6D2,7D2,8D2,12D,13D. The van der Waals surface area contributed by atoms with Crippen molar-refractivity contribution in [1.29, 1.82) is 0 Å². The normalized spacial score (nSPS) is 43.9. The number of aromatic hydroxyl groups is 1. The number of ether oxygens (including phenoxy) is 1. The Morgan fingerprint density at radius 2 is 2.35 bits per heavy atom. The molecule has 1 aromatic rings. The highest BCUT2D eigenvalue weighted by Gasteiger charge is 2.45. The van der Waals surface area contributed by atoms with Crippen LogP contribution >= 0.6 is 0 Å². The van der Waals surface area contributed by atoms with Gasteiger partial charge >= 0.3 is 0 Å². The number of phenols is 1. The molecule has 0 aromatic heterocycles. The Balaban J connectivity index is 2.50. The Morgan fingerprint density at radius 1 is 1.43 bits per heavy atom. The Hall–Kier alpha value is -1.44. The smallest absolute Gasteiger partial charge is 0.127 e. The first kappa shape index (κ1) is 4.39. The lowest BCUT2D eigenvalue weighted by Gasteiger charge is -2.46. The minimum Gasteiger partial charge on any atom is -0.507 e. The van der Waals surface area contributed by atoms with Crippen molar-refractivity contribution < 1.29 is 40.0 Å².